The number of hydrogen-bond donors (Lipinski definition) is 1. The first-order valence-corrected chi connectivity index (χ1v) is 11.3. The van der Waals surface area contributed by atoms with E-state index in [1.165, 1.54) is 4.31 Å². The van der Waals surface area contributed by atoms with Gasteiger partial charge in [-0.25, -0.2) is 8.42 Å². The number of hydrogen-bond acceptors (Lipinski definition) is 4. The second-order valence-electron chi connectivity index (χ2n) is 6.82. The molecule has 0 aliphatic carbocycles. The number of rotatable bonds is 9. The molecule has 158 valence electrons. The summed E-state index contributed by atoms with van der Waals surface area (Å²) >= 11 is 0. The van der Waals surface area contributed by atoms with E-state index in [1.807, 2.05) is 42.9 Å². The van der Waals surface area contributed by atoms with Crippen LogP contribution in [0.25, 0.3) is 0 Å². The molecule has 0 atom stereocenters. The Labute approximate surface area is 177 Å². The molecule has 0 saturated carbocycles. The van der Waals surface area contributed by atoms with Crippen LogP contribution in [0.2, 0.25) is 0 Å². The van der Waals surface area contributed by atoms with Gasteiger partial charge in [-0.2, -0.15) is 9.40 Å². The van der Waals surface area contributed by atoms with Crippen LogP contribution in [0.5, 0.6) is 0 Å². The van der Waals surface area contributed by atoms with E-state index < -0.39 is 10.0 Å². The smallest absolute Gasteiger partial charge is 0.251 e. The van der Waals surface area contributed by atoms with Crippen molar-refractivity contribution in [3.8, 4) is 0 Å². The third-order valence-corrected chi connectivity index (χ3v) is 6.90. The number of benzene rings is 2. The fourth-order valence-electron chi connectivity index (χ4n) is 3.12. The van der Waals surface area contributed by atoms with E-state index in [1.54, 1.807) is 42.6 Å². The molecule has 2 aromatic carbocycles. The molecular formula is C22H26N4O3S. The van der Waals surface area contributed by atoms with Crippen LogP contribution in [0.3, 0.4) is 0 Å². The van der Waals surface area contributed by atoms with Crippen LogP contribution in [-0.2, 0) is 23.1 Å². The van der Waals surface area contributed by atoms with Gasteiger partial charge in [0.25, 0.3) is 5.91 Å². The van der Waals surface area contributed by atoms with E-state index in [-0.39, 0.29) is 10.8 Å². The average molecular weight is 427 g/mol. The third kappa shape index (κ3) is 5.14. The van der Waals surface area contributed by atoms with Gasteiger partial charge in [-0.05, 0) is 41.5 Å². The maximum Gasteiger partial charge on any atom is 0.251 e. The standard InChI is InChI=1S/C22H26N4O3S/c1-3-26(4-2)30(28,29)21-12-8-18(9-13-21)16-23-22(27)20-10-6-19(7-11-20)17-25-15-5-14-24-25/h5-15H,3-4,16-17H2,1-2H3,(H,23,27). The lowest BCUT2D eigenvalue weighted by atomic mass is 10.1. The predicted octanol–water partition coefficient (Wildman–Crippen LogP) is 2.89. The molecule has 7 nitrogen and oxygen atoms in total. The van der Waals surface area contributed by atoms with Gasteiger partial charge in [-0.15, -0.1) is 0 Å². The van der Waals surface area contributed by atoms with E-state index in [0.717, 1.165) is 11.1 Å². The molecule has 0 aliphatic rings. The lowest BCUT2D eigenvalue weighted by Gasteiger charge is -2.18. The van der Waals surface area contributed by atoms with Crippen LogP contribution < -0.4 is 5.32 Å². The van der Waals surface area contributed by atoms with Crippen molar-refractivity contribution in [3.63, 3.8) is 0 Å². The molecular weight excluding hydrogens is 400 g/mol. The van der Waals surface area contributed by atoms with Gasteiger partial charge in [0, 0.05) is 37.6 Å². The molecule has 0 bridgehead atoms. The van der Waals surface area contributed by atoms with E-state index >= 15 is 0 Å². The van der Waals surface area contributed by atoms with Gasteiger partial charge in [-0.3, -0.25) is 9.48 Å². The number of sulfonamides is 1. The Hall–Kier alpha value is -2.97. The predicted molar refractivity (Wildman–Crippen MR) is 115 cm³/mol. The average Bonchev–Trinajstić information content (AvgIpc) is 3.26. The first-order chi connectivity index (χ1) is 14.4. The van der Waals surface area contributed by atoms with Crippen molar-refractivity contribution in [2.45, 2.75) is 31.8 Å². The normalized spacial score (nSPS) is 11.6. The zero-order valence-corrected chi connectivity index (χ0v) is 18.0. The molecule has 0 fully saturated rings. The molecule has 8 heteroatoms. The van der Waals surface area contributed by atoms with Crippen LogP contribution in [0.4, 0.5) is 0 Å². The highest BCUT2D eigenvalue weighted by Crippen LogP contribution is 2.16. The molecule has 1 aromatic heterocycles. The van der Waals surface area contributed by atoms with Gasteiger partial charge in [0.05, 0.1) is 11.4 Å². The summed E-state index contributed by atoms with van der Waals surface area (Å²) in [6.07, 6.45) is 3.62. The van der Waals surface area contributed by atoms with Crippen molar-refractivity contribution in [2.24, 2.45) is 0 Å². The summed E-state index contributed by atoms with van der Waals surface area (Å²) < 4.78 is 28.3. The maximum atomic E-state index is 12.5. The van der Waals surface area contributed by atoms with Crippen LogP contribution in [0.15, 0.2) is 71.9 Å². The van der Waals surface area contributed by atoms with Crippen molar-refractivity contribution in [2.75, 3.05) is 13.1 Å². The maximum absolute atomic E-state index is 12.5. The van der Waals surface area contributed by atoms with Gasteiger partial charge in [-0.1, -0.05) is 38.1 Å². The van der Waals surface area contributed by atoms with Crippen molar-refractivity contribution in [1.29, 1.82) is 0 Å². The number of carbonyl (C=O) groups is 1. The summed E-state index contributed by atoms with van der Waals surface area (Å²) in [6.45, 7) is 5.45. The Kier molecular flexibility index (Phi) is 7.02. The molecule has 1 N–H and O–H groups in total. The third-order valence-electron chi connectivity index (χ3n) is 4.84. The number of carbonyl (C=O) groups excluding carboxylic acids is 1. The van der Waals surface area contributed by atoms with Gasteiger partial charge >= 0.3 is 0 Å². The Morgan fingerprint density at radius 1 is 1.00 bits per heavy atom. The molecule has 0 saturated heterocycles. The highest BCUT2D eigenvalue weighted by Gasteiger charge is 2.21. The fourth-order valence-corrected chi connectivity index (χ4v) is 4.58. The van der Waals surface area contributed by atoms with E-state index in [4.69, 9.17) is 0 Å². The number of aromatic nitrogens is 2. The van der Waals surface area contributed by atoms with Gasteiger partial charge in [0.15, 0.2) is 0 Å². The Bertz CT molecular complexity index is 1060. The topological polar surface area (TPSA) is 84.3 Å². The van der Waals surface area contributed by atoms with Crippen LogP contribution >= 0.6 is 0 Å². The van der Waals surface area contributed by atoms with Gasteiger partial charge < -0.3 is 5.32 Å². The summed E-state index contributed by atoms with van der Waals surface area (Å²) in [7, 11) is -3.48. The second kappa shape index (κ2) is 9.69. The first kappa shape index (κ1) is 21.7. The monoisotopic (exact) mass is 426 g/mol. The molecule has 3 rings (SSSR count). The van der Waals surface area contributed by atoms with Crippen LogP contribution in [0, 0.1) is 0 Å². The van der Waals surface area contributed by atoms with Crippen molar-refractivity contribution in [1.82, 2.24) is 19.4 Å². The lowest BCUT2D eigenvalue weighted by Crippen LogP contribution is -2.30. The van der Waals surface area contributed by atoms with E-state index in [9.17, 15) is 13.2 Å². The molecule has 0 aliphatic heterocycles. The molecule has 0 unspecified atom stereocenters. The Morgan fingerprint density at radius 2 is 1.63 bits per heavy atom. The largest absolute Gasteiger partial charge is 0.348 e. The zero-order chi connectivity index (χ0) is 21.6. The van der Waals surface area contributed by atoms with Gasteiger partial charge in [0.1, 0.15) is 0 Å². The number of nitrogens with zero attached hydrogens (tertiary/aromatic N) is 3. The van der Waals surface area contributed by atoms with E-state index in [2.05, 4.69) is 10.4 Å². The zero-order valence-electron chi connectivity index (χ0n) is 17.2. The highest BCUT2D eigenvalue weighted by atomic mass is 32.2. The Balaban J connectivity index is 1.58. The van der Waals surface area contributed by atoms with Crippen LogP contribution in [0.1, 0.15) is 35.3 Å². The molecule has 1 heterocycles. The molecule has 0 spiro atoms. The second-order valence-corrected chi connectivity index (χ2v) is 8.75. The molecule has 0 radical (unpaired) electrons. The quantitative estimate of drug-likeness (QED) is 0.570. The van der Waals surface area contributed by atoms with Crippen molar-refractivity contribution in [3.05, 3.63) is 83.7 Å². The first-order valence-electron chi connectivity index (χ1n) is 9.87. The number of amides is 1. The number of nitrogens with one attached hydrogen (secondary N) is 1. The van der Waals surface area contributed by atoms with Crippen LogP contribution in [-0.4, -0.2) is 41.5 Å². The Morgan fingerprint density at radius 3 is 2.20 bits per heavy atom. The summed E-state index contributed by atoms with van der Waals surface area (Å²) in [6, 6.07) is 15.9. The summed E-state index contributed by atoms with van der Waals surface area (Å²) in [4.78, 5) is 12.7. The minimum Gasteiger partial charge on any atom is -0.348 e. The van der Waals surface area contributed by atoms with Crippen molar-refractivity contribution < 1.29 is 13.2 Å². The van der Waals surface area contributed by atoms with Crippen molar-refractivity contribution >= 4 is 15.9 Å². The summed E-state index contributed by atoms with van der Waals surface area (Å²) in [5, 5.41) is 7.04. The summed E-state index contributed by atoms with van der Waals surface area (Å²) in [5.74, 6) is -0.180. The minimum atomic E-state index is -3.48. The minimum absolute atomic E-state index is 0.180. The molecule has 3 aromatic rings. The van der Waals surface area contributed by atoms with E-state index in [0.29, 0.717) is 31.7 Å². The molecule has 1 amide bonds. The SMILES string of the molecule is CCN(CC)S(=O)(=O)c1ccc(CNC(=O)c2ccc(Cn3cccn3)cc2)cc1. The fraction of sp³-hybridized carbons (Fsp3) is 0.273. The van der Waals surface area contributed by atoms with Gasteiger partial charge in [0.2, 0.25) is 10.0 Å². The summed E-state index contributed by atoms with van der Waals surface area (Å²) in [5.41, 5.74) is 2.46. The molecule has 30 heavy (non-hydrogen) atoms. The highest BCUT2D eigenvalue weighted by molar-refractivity contribution is 7.89. The lowest BCUT2D eigenvalue weighted by molar-refractivity contribution is 0.0951.